The van der Waals surface area contributed by atoms with Gasteiger partial charge in [0.1, 0.15) is 15.6 Å². The Morgan fingerprint density at radius 1 is 1.34 bits per heavy atom. The highest BCUT2D eigenvalue weighted by atomic mass is 32.2. The number of rotatable bonds is 8. The Morgan fingerprint density at radius 2 is 2.00 bits per heavy atom. The van der Waals surface area contributed by atoms with Crippen LogP contribution in [0.25, 0.3) is 4.85 Å². The van der Waals surface area contributed by atoms with E-state index in [4.69, 9.17) is 6.57 Å². The molecule has 0 spiro atoms. The van der Waals surface area contributed by atoms with Crippen molar-refractivity contribution in [2.45, 2.75) is 45.2 Å². The summed E-state index contributed by atoms with van der Waals surface area (Å²) in [7, 11) is -3.58. The molecule has 9 nitrogen and oxygen atoms in total. The van der Waals surface area contributed by atoms with Gasteiger partial charge in [0.2, 0.25) is 11.8 Å². The Balaban J connectivity index is 2.11. The number of nitrogens with one attached hydrogen (secondary N) is 1. The number of carbonyl (C=O) groups is 2. The summed E-state index contributed by atoms with van der Waals surface area (Å²) in [6.07, 6.45) is -3.15. The summed E-state index contributed by atoms with van der Waals surface area (Å²) in [5.74, 6) is -4.13. The van der Waals surface area contributed by atoms with Crippen LogP contribution in [0.3, 0.4) is 0 Å². The van der Waals surface area contributed by atoms with Crippen molar-refractivity contribution in [1.82, 2.24) is 10.2 Å². The zero-order valence-electron chi connectivity index (χ0n) is 19.6. The van der Waals surface area contributed by atoms with Crippen molar-refractivity contribution in [1.29, 1.82) is 0 Å². The van der Waals surface area contributed by atoms with Crippen LogP contribution in [-0.2, 0) is 26.0 Å². The largest absolute Gasteiger partial charge is 0.573 e. The number of aliphatic hydroxyl groups is 1. The molecule has 0 bridgehead atoms. The van der Waals surface area contributed by atoms with Crippen LogP contribution in [0.5, 0.6) is 5.75 Å². The second kappa shape index (κ2) is 10.8. The second-order valence-corrected chi connectivity index (χ2v) is 11.3. The second-order valence-electron chi connectivity index (χ2n) is 9.09. The van der Waals surface area contributed by atoms with Crippen molar-refractivity contribution in [3.8, 4) is 5.75 Å². The van der Waals surface area contributed by atoms with Crippen LogP contribution in [0, 0.1) is 18.4 Å². The molecule has 0 saturated carbocycles. The van der Waals surface area contributed by atoms with Crippen molar-refractivity contribution in [2.75, 3.05) is 25.1 Å². The molecule has 1 aliphatic rings. The summed E-state index contributed by atoms with van der Waals surface area (Å²) >= 11 is 0. The van der Waals surface area contributed by atoms with E-state index in [0.29, 0.717) is 12.8 Å². The Hall–Kier alpha value is -2.85. The van der Waals surface area contributed by atoms with Crippen molar-refractivity contribution in [3.05, 3.63) is 35.2 Å². The minimum absolute atomic E-state index is 0.0158. The van der Waals surface area contributed by atoms with Crippen LogP contribution < -0.4 is 10.1 Å². The van der Waals surface area contributed by atoms with E-state index in [1.807, 2.05) is 0 Å². The van der Waals surface area contributed by atoms with E-state index in [-0.39, 0.29) is 30.9 Å². The van der Waals surface area contributed by atoms with Gasteiger partial charge in [0.25, 0.3) is 0 Å². The van der Waals surface area contributed by atoms with Gasteiger partial charge in [-0.3, -0.25) is 9.59 Å². The molecule has 1 fully saturated rings. The summed E-state index contributed by atoms with van der Waals surface area (Å²) in [5.41, 5.74) is -1.65. The average Bonchev–Trinajstić information content (AvgIpc) is 2.73. The van der Waals surface area contributed by atoms with Gasteiger partial charge in [-0.2, -0.15) is 0 Å². The van der Waals surface area contributed by atoms with Crippen molar-refractivity contribution < 1.29 is 41.0 Å². The fraction of sp³-hybridized carbons (Fsp3) is 0.591. The smallest absolute Gasteiger partial charge is 0.407 e. The lowest BCUT2D eigenvalue weighted by molar-refractivity contribution is -0.274. The minimum Gasteiger partial charge on any atom is -0.407 e. The lowest BCUT2D eigenvalue weighted by Gasteiger charge is -2.37. The number of piperidine rings is 1. The van der Waals surface area contributed by atoms with Crippen LogP contribution in [-0.4, -0.2) is 67.3 Å². The number of hydrogen-bond donors (Lipinski definition) is 2. The molecule has 0 radical (unpaired) electrons. The van der Waals surface area contributed by atoms with Crippen LogP contribution in [0.15, 0.2) is 18.2 Å². The lowest BCUT2D eigenvalue weighted by Crippen LogP contribution is -2.52. The molecule has 2 N–H and O–H groups in total. The first-order chi connectivity index (χ1) is 16.0. The van der Waals surface area contributed by atoms with Gasteiger partial charge in [-0.15, -0.1) is 13.2 Å². The van der Waals surface area contributed by atoms with Gasteiger partial charge < -0.3 is 20.1 Å². The number of hydrogen-bond acceptors (Lipinski definition) is 6. The van der Waals surface area contributed by atoms with Crippen LogP contribution in [0.2, 0.25) is 0 Å². The molecule has 1 aliphatic heterocycles. The fourth-order valence-electron chi connectivity index (χ4n) is 3.80. The van der Waals surface area contributed by atoms with Gasteiger partial charge in [0, 0.05) is 31.5 Å². The van der Waals surface area contributed by atoms with Crippen molar-refractivity contribution in [2.24, 2.45) is 11.8 Å². The van der Waals surface area contributed by atoms with E-state index in [1.165, 1.54) is 30.9 Å². The van der Waals surface area contributed by atoms with Crippen LogP contribution in [0.4, 0.5) is 18.9 Å². The molecule has 2 rings (SSSR count). The number of amides is 2. The maximum Gasteiger partial charge on any atom is 0.573 e. The molecular weight excluding hydrogens is 491 g/mol. The Kier molecular flexibility index (Phi) is 8.78. The first-order valence-electron chi connectivity index (χ1n) is 10.7. The molecule has 194 valence electrons. The minimum atomic E-state index is -4.98. The van der Waals surface area contributed by atoms with Gasteiger partial charge in [-0.1, -0.05) is 12.1 Å². The summed E-state index contributed by atoms with van der Waals surface area (Å²) in [6.45, 7) is 9.59. The zero-order valence-corrected chi connectivity index (χ0v) is 20.4. The molecule has 1 heterocycles. The molecule has 0 aromatic heterocycles. The molecule has 1 saturated heterocycles. The van der Waals surface area contributed by atoms with Gasteiger partial charge in [-0.05, 0) is 32.8 Å². The van der Waals surface area contributed by atoms with E-state index in [2.05, 4.69) is 14.9 Å². The normalized spacial score (nSPS) is 17.9. The fourth-order valence-corrected chi connectivity index (χ4v) is 4.95. The molecule has 1 aromatic rings. The molecule has 35 heavy (non-hydrogen) atoms. The molecular formula is C22H28F3N3O6S. The highest BCUT2D eigenvalue weighted by Crippen LogP contribution is 2.31. The molecule has 0 aliphatic carbocycles. The number of likely N-dealkylation sites (tertiary alicyclic amines) is 1. The number of nitrogens with zero attached hydrogens (tertiary/aromatic N) is 2. The predicted molar refractivity (Wildman–Crippen MR) is 120 cm³/mol. The molecule has 13 heteroatoms. The SMILES string of the molecule is [C-]#[N+]c1ccc(CNC(=O)[C@@H]2CCCN(C(=O)[C@H](CS(C)(=O)=O)C(C)(C)O)C2)c(OC(F)(F)F)c1. The maximum atomic E-state index is 13.0. The zero-order chi connectivity index (χ0) is 26.6. The van der Waals surface area contributed by atoms with Crippen molar-refractivity contribution >= 4 is 27.3 Å². The third-order valence-electron chi connectivity index (χ3n) is 5.58. The quantitative estimate of drug-likeness (QED) is 0.510. The van der Waals surface area contributed by atoms with E-state index in [9.17, 15) is 36.3 Å². The third kappa shape index (κ3) is 8.70. The van der Waals surface area contributed by atoms with Crippen LogP contribution in [0.1, 0.15) is 32.3 Å². The molecule has 1 aromatic carbocycles. The first kappa shape index (κ1) is 28.4. The number of carbonyl (C=O) groups excluding carboxylic acids is 2. The Bertz CT molecular complexity index is 1090. The van der Waals surface area contributed by atoms with Crippen molar-refractivity contribution in [3.63, 3.8) is 0 Å². The van der Waals surface area contributed by atoms with E-state index < -0.39 is 57.0 Å². The molecule has 2 atom stereocenters. The predicted octanol–water partition coefficient (Wildman–Crippen LogP) is 2.42. The maximum absolute atomic E-state index is 13.0. The standard InChI is InChI=1S/C22H28F3N3O6S/c1-21(2,31)17(13-35(4,32)33)20(30)28-9-5-6-15(12-28)19(29)27-11-14-7-8-16(26-3)10-18(14)34-22(23,24)25/h7-8,10,15,17,31H,5-6,9,11-13H2,1-2,4H3,(H,27,29)/t15-,17+/m1/s1. The number of alkyl halides is 3. The Morgan fingerprint density at radius 3 is 2.54 bits per heavy atom. The van der Waals surface area contributed by atoms with Gasteiger partial charge >= 0.3 is 6.36 Å². The number of sulfone groups is 1. The monoisotopic (exact) mass is 519 g/mol. The highest BCUT2D eigenvalue weighted by Gasteiger charge is 2.40. The number of benzene rings is 1. The van der Waals surface area contributed by atoms with Gasteiger partial charge in [-0.25, -0.2) is 13.3 Å². The summed E-state index contributed by atoms with van der Waals surface area (Å²) in [6, 6.07) is 3.49. The Labute approximate surface area is 202 Å². The van der Waals surface area contributed by atoms with E-state index in [1.54, 1.807) is 0 Å². The molecule has 2 amide bonds. The van der Waals surface area contributed by atoms with E-state index >= 15 is 0 Å². The highest BCUT2D eigenvalue weighted by molar-refractivity contribution is 7.90. The summed E-state index contributed by atoms with van der Waals surface area (Å²) in [4.78, 5) is 30.2. The first-order valence-corrected chi connectivity index (χ1v) is 12.8. The number of ether oxygens (including phenoxy) is 1. The summed E-state index contributed by atoms with van der Waals surface area (Å²) in [5, 5.41) is 12.9. The average molecular weight is 520 g/mol. The van der Waals surface area contributed by atoms with Crippen LogP contribution >= 0.6 is 0 Å². The molecule has 0 unspecified atom stereocenters. The van der Waals surface area contributed by atoms with Gasteiger partial charge in [0.05, 0.1) is 29.8 Å². The number of halogens is 3. The van der Waals surface area contributed by atoms with E-state index in [0.717, 1.165) is 12.3 Å². The lowest BCUT2D eigenvalue weighted by atomic mass is 9.89. The third-order valence-corrected chi connectivity index (χ3v) is 6.52. The topological polar surface area (TPSA) is 117 Å². The van der Waals surface area contributed by atoms with Gasteiger partial charge in [0.15, 0.2) is 5.69 Å². The summed E-state index contributed by atoms with van der Waals surface area (Å²) < 4.78 is 65.8.